The van der Waals surface area contributed by atoms with Gasteiger partial charge in [-0.25, -0.2) is 0 Å². The fourth-order valence-corrected chi connectivity index (χ4v) is 2.59. The van der Waals surface area contributed by atoms with Gasteiger partial charge in [0.1, 0.15) is 6.04 Å². The molecule has 2 atom stereocenters. The second kappa shape index (κ2) is 7.48. The third-order valence-electron chi connectivity index (χ3n) is 3.50. The Bertz CT molecular complexity index is 318. The van der Waals surface area contributed by atoms with Crippen molar-refractivity contribution in [2.75, 3.05) is 13.2 Å². The predicted octanol–water partition coefficient (Wildman–Crippen LogP) is 0.911. The van der Waals surface area contributed by atoms with E-state index in [0.29, 0.717) is 25.3 Å². The van der Waals surface area contributed by atoms with Crippen LogP contribution in [-0.2, 0) is 9.59 Å². The normalized spacial score (nSPS) is 18.8. The summed E-state index contributed by atoms with van der Waals surface area (Å²) in [7, 11) is 0. The molecule has 5 nitrogen and oxygen atoms in total. The van der Waals surface area contributed by atoms with Gasteiger partial charge >= 0.3 is 0 Å². The van der Waals surface area contributed by atoms with Gasteiger partial charge in [-0.05, 0) is 25.2 Å². The van der Waals surface area contributed by atoms with Gasteiger partial charge in [0, 0.05) is 13.0 Å². The van der Waals surface area contributed by atoms with Crippen molar-refractivity contribution < 1.29 is 14.7 Å². The lowest BCUT2D eigenvalue weighted by Crippen LogP contribution is -2.51. The molecule has 1 aliphatic heterocycles. The first-order chi connectivity index (χ1) is 8.99. The molecule has 0 aromatic heterocycles. The van der Waals surface area contributed by atoms with Gasteiger partial charge in [0.25, 0.3) is 0 Å². The zero-order valence-electron chi connectivity index (χ0n) is 12.2. The molecule has 0 aromatic carbocycles. The van der Waals surface area contributed by atoms with Crippen LogP contribution < -0.4 is 5.32 Å². The van der Waals surface area contributed by atoms with E-state index in [0.717, 1.165) is 12.8 Å². The molecule has 110 valence electrons. The summed E-state index contributed by atoms with van der Waals surface area (Å²) in [5.41, 5.74) is 0. The highest BCUT2D eigenvalue weighted by Crippen LogP contribution is 2.16. The Morgan fingerprint density at radius 3 is 2.58 bits per heavy atom. The molecule has 1 fully saturated rings. The molecule has 0 spiro atoms. The Morgan fingerprint density at radius 2 is 2.16 bits per heavy atom. The molecular formula is C14H26N2O3. The topological polar surface area (TPSA) is 69.6 Å². The molecule has 0 saturated carbocycles. The number of nitrogens with zero attached hydrogens (tertiary/aromatic N) is 1. The van der Waals surface area contributed by atoms with E-state index in [4.69, 9.17) is 0 Å². The van der Waals surface area contributed by atoms with Crippen molar-refractivity contribution in [2.24, 2.45) is 5.92 Å². The van der Waals surface area contributed by atoms with Crippen molar-refractivity contribution in [1.29, 1.82) is 0 Å². The standard InChI is InChI=1S/C14H26N2O3/c1-4-12(16-7-5-6-13(16)18)14(19)15-11(9-17)8-10(2)3/h10-12,17H,4-9H2,1-3H3,(H,15,19)/t11-,12-/m0/s1. The van der Waals surface area contributed by atoms with Crippen LogP contribution in [0.1, 0.15) is 46.5 Å². The Morgan fingerprint density at radius 1 is 1.47 bits per heavy atom. The number of hydrogen-bond donors (Lipinski definition) is 2. The smallest absolute Gasteiger partial charge is 0.243 e. The number of carbonyl (C=O) groups is 2. The highest BCUT2D eigenvalue weighted by molar-refractivity contribution is 5.88. The van der Waals surface area contributed by atoms with Crippen LogP contribution in [0.15, 0.2) is 0 Å². The third-order valence-corrected chi connectivity index (χ3v) is 3.50. The van der Waals surface area contributed by atoms with Crippen molar-refractivity contribution in [3.63, 3.8) is 0 Å². The zero-order valence-corrected chi connectivity index (χ0v) is 12.2. The van der Waals surface area contributed by atoms with Crippen LogP contribution in [0.5, 0.6) is 0 Å². The molecule has 2 amide bonds. The summed E-state index contributed by atoms with van der Waals surface area (Å²) in [6.45, 7) is 6.62. The van der Waals surface area contributed by atoms with E-state index in [9.17, 15) is 14.7 Å². The van der Waals surface area contributed by atoms with E-state index in [1.165, 1.54) is 0 Å². The van der Waals surface area contributed by atoms with Gasteiger partial charge in [-0.2, -0.15) is 0 Å². The van der Waals surface area contributed by atoms with Crippen molar-refractivity contribution in [3.05, 3.63) is 0 Å². The van der Waals surface area contributed by atoms with E-state index in [-0.39, 0.29) is 24.5 Å². The first-order valence-electron chi connectivity index (χ1n) is 7.20. The van der Waals surface area contributed by atoms with Crippen molar-refractivity contribution >= 4 is 11.8 Å². The van der Waals surface area contributed by atoms with Crippen molar-refractivity contribution in [2.45, 2.75) is 58.5 Å². The van der Waals surface area contributed by atoms with Gasteiger partial charge < -0.3 is 15.3 Å². The molecule has 2 N–H and O–H groups in total. The molecule has 0 unspecified atom stereocenters. The fourth-order valence-electron chi connectivity index (χ4n) is 2.59. The van der Waals surface area contributed by atoms with Crippen LogP contribution >= 0.6 is 0 Å². The van der Waals surface area contributed by atoms with Gasteiger partial charge in [0.05, 0.1) is 12.6 Å². The summed E-state index contributed by atoms with van der Waals surface area (Å²) in [6, 6.07) is -0.615. The summed E-state index contributed by atoms with van der Waals surface area (Å²) in [5.74, 6) is 0.329. The van der Waals surface area contributed by atoms with E-state index in [1.54, 1.807) is 4.90 Å². The van der Waals surface area contributed by atoms with Crippen LogP contribution in [0.2, 0.25) is 0 Å². The molecule has 1 rings (SSSR count). The number of rotatable bonds is 7. The molecule has 0 aromatic rings. The average molecular weight is 270 g/mol. The summed E-state index contributed by atoms with van der Waals surface area (Å²) >= 11 is 0. The Kier molecular flexibility index (Phi) is 6.28. The van der Waals surface area contributed by atoms with Crippen molar-refractivity contribution in [1.82, 2.24) is 10.2 Å². The highest BCUT2D eigenvalue weighted by Gasteiger charge is 2.32. The lowest BCUT2D eigenvalue weighted by atomic mass is 10.0. The molecule has 1 saturated heterocycles. The average Bonchev–Trinajstić information content (AvgIpc) is 2.75. The molecule has 1 aliphatic rings. The number of aliphatic hydroxyl groups is 1. The predicted molar refractivity (Wildman–Crippen MR) is 73.5 cm³/mol. The maximum atomic E-state index is 12.2. The third kappa shape index (κ3) is 4.49. The lowest BCUT2D eigenvalue weighted by molar-refractivity contribution is -0.138. The van der Waals surface area contributed by atoms with E-state index < -0.39 is 6.04 Å². The molecule has 0 bridgehead atoms. The van der Waals surface area contributed by atoms with E-state index in [1.807, 2.05) is 6.92 Å². The van der Waals surface area contributed by atoms with Crippen LogP contribution in [0.3, 0.4) is 0 Å². The first kappa shape index (κ1) is 16.0. The summed E-state index contributed by atoms with van der Waals surface area (Å²) in [6.07, 6.45) is 2.72. The van der Waals surface area contributed by atoms with Crippen LogP contribution in [0.25, 0.3) is 0 Å². The number of aliphatic hydroxyl groups excluding tert-OH is 1. The maximum Gasteiger partial charge on any atom is 0.243 e. The fraction of sp³-hybridized carbons (Fsp3) is 0.857. The van der Waals surface area contributed by atoms with Gasteiger partial charge in [0.15, 0.2) is 0 Å². The Hall–Kier alpha value is -1.10. The van der Waals surface area contributed by atoms with Gasteiger partial charge in [0.2, 0.25) is 11.8 Å². The molecule has 1 heterocycles. The Balaban J connectivity index is 2.60. The van der Waals surface area contributed by atoms with E-state index in [2.05, 4.69) is 19.2 Å². The number of hydrogen-bond acceptors (Lipinski definition) is 3. The number of carbonyl (C=O) groups excluding carboxylic acids is 2. The largest absolute Gasteiger partial charge is 0.394 e. The SMILES string of the molecule is CC[C@@H](C(=O)N[C@H](CO)CC(C)C)N1CCCC1=O. The number of likely N-dealkylation sites (tertiary alicyclic amines) is 1. The summed E-state index contributed by atoms with van der Waals surface area (Å²) in [4.78, 5) is 25.6. The molecule has 19 heavy (non-hydrogen) atoms. The first-order valence-corrected chi connectivity index (χ1v) is 7.20. The summed E-state index contributed by atoms with van der Waals surface area (Å²) in [5, 5.41) is 12.2. The van der Waals surface area contributed by atoms with E-state index >= 15 is 0 Å². The number of nitrogens with one attached hydrogen (secondary N) is 1. The summed E-state index contributed by atoms with van der Waals surface area (Å²) < 4.78 is 0. The van der Waals surface area contributed by atoms with Gasteiger partial charge in [-0.15, -0.1) is 0 Å². The maximum absolute atomic E-state index is 12.2. The second-order valence-electron chi connectivity index (χ2n) is 5.63. The van der Waals surface area contributed by atoms with Crippen LogP contribution in [-0.4, -0.2) is 47.1 Å². The minimum Gasteiger partial charge on any atom is -0.394 e. The zero-order chi connectivity index (χ0) is 14.4. The highest BCUT2D eigenvalue weighted by atomic mass is 16.3. The monoisotopic (exact) mass is 270 g/mol. The van der Waals surface area contributed by atoms with Crippen LogP contribution in [0, 0.1) is 5.92 Å². The molecule has 5 heteroatoms. The minimum atomic E-state index is -0.392. The number of amides is 2. The molecule has 0 aliphatic carbocycles. The van der Waals surface area contributed by atoms with Gasteiger partial charge in [-0.1, -0.05) is 20.8 Å². The Labute approximate surface area is 115 Å². The van der Waals surface area contributed by atoms with Gasteiger partial charge in [-0.3, -0.25) is 9.59 Å². The van der Waals surface area contributed by atoms with Crippen molar-refractivity contribution in [3.8, 4) is 0 Å². The molecule has 0 radical (unpaired) electrons. The minimum absolute atomic E-state index is 0.0612. The second-order valence-corrected chi connectivity index (χ2v) is 5.63. The quantitative estimate of drug-likeness (QED) is 0.722. The van der Waals surface area contributed by atoms with Crippen LogP contribution in [0.4, 0.5) is 0 Å². The lowest BCUT2D eigenvalue weighted by Gasteiger charge is -2.28. The molecular weight excluding hydrogens is 244 g/mol.